The van der Waals surface area contributed by atoms with E-state index in [1.165, 1.54) is 12.1 Å². The molecule has 2 aromatic rings. The van der Waals surface area contributed by atoms with Gasteiger partial charge in [0.15, 0.2) is 8.32 Å². The predicted octanol–water partition coefficient (Wildman–Crippen LogP) is 5.73. The minimum atomic E-state index is -1.88. The number of nitro groups is 1. The third-order valence-corrected chi connectivity index (χ3v) is 8.50. The summed E-state index contributed by atoms with van der Waals surface area (Å²) in [7, 11) is -3.74. The Kier molecular flexibility index (Phi) is 7.88. The van der Waals surface area contributed by atoms with Crippen LogP contribution in [0.3, 0.4) is 0 Å². The fraction of sp³-hybridized carbons (Fsp3) is 0.429. The van der Waals surface area contributed by atoms with Gasteiger partial charge in [-0.2, -0.15) is 0 Å². The quantitative estimate of drug-likeness (QED) is 0.118. The van der Waals surface area contributed by atoms with Gasteiger partial charge in [0.25, 0.3) is 5.69 Å². The van der Waals surface area contributed by atoms with Gasteiger partial charge in [0, 0.05) is 12.1 Å². The minimum Gasteiger partial charge on any atom is -0.544 e. The van der Waals surface area contributed by atoms with Gasteiger partial charge in [-0.3, -0.25) is 14.9 Å². The van der Waals surface area contributed by atoms with Crippen LogP contribution >= 0.6 is 0 Å². The van der Waals surface area contributed by atoms with Gasteiger partial charge >= 0.3 is 5.97 Å². The third kappa shape index (κ3) is 6.48. The van der Waals surface area contributed by atoms with Crippen LogP contribution in [0.1, 0.15) is 24.5 Å². The zero-order valence-electron chi connectivity index (χ0n) is 23.5. The molecule has 11 heteroatoms. The van der Waals surface area contributed by atoms with Gasteiger partial charge in [0.2, 0.25) is 14.2 Å². The normalized spacial score (nSPS) is 19.9. The summed E-state index contributed by atoms with van der Waals surface area (Å²) in [4.78, 5) is 39.0. The van der Waals surface area contributed by atoms with Crippen molar-refractivity contribution in [3.8, 4) is 5.75 Å². The average Bonchev–Trinajstić information content (AvgIpc) is 3.16. The molecule has 0 bridgehead atoms. The maximum absolute atomic E-state index is 13.5. The van der Waals surface area contributed by atoms with E-state index in [-0.39, 0.29) is 42.0 Å². The fourth-order valence-corrected chi connectivity index (χ4v) is 7.26. The highest BCUT2D eigenvalue weighted by molar-refractivity contribution is 6.70. The van der Waals surface area contributed by atoms with Crippen LogP contribution < -0.4 is 4.43 Å². The van der Waals surface area contributed by atoms with Crippen molar-refractivity contribution in [3.05, 3.63) is 75.5 Å². The molecule has 208 valence electrons. The summed E-state index contributed by atoms with van der Waals surface area (Å²) in [5.74, 6) is -0.357. The van der Waals surface area contributed by atoms with Crippen LogP contribution in [0.2, 0.25) is 39.3 Å². The van der Waals surface area contributed by atoms with Gasteiger partial charge in [0.1, 0.15) is 18.1 Å². The van der Waals surface area contributed by atoms with Crippen molar-refractivity contribution in [2.75, 3.05) is 0 Å². The largest absolute Gasteiger partial charge is 0.544 e. The lowest BCUT2D eigenvalue weighted by Crippen LogP contribution is -2.63. The van der Waals surface area contributed by atoms with E-state index in [0.717, 1.165) is 16.9 Å². The number of nitrogens with zero attached hydrogens (tertiary/aromatic N) is 2. The van der Waals surface area contributed by atoms with Crippen LogP contribution in [0.25, 0.3) is 5.57 Å². The summed E-state index contributed by atoms with van der Waals surface area (Å²) >= 11 is 0. The number of amides is 1. The van der Waals surface area contributed by atoms with Crippen LogP contribution in [0.15, 0.2) is 54.2 Å². The second-order valence-corrected chi connectivity index (χ2v) is 20.9. The molecule has 0 saturated carbocycles. The van der Waals surface area contributed by atoms with E-state index >= 15 is 0 Å². The summed E-state index contributed by atoms with van der Waals surface area (Å²) in [6.07, 6.45) is 0.248. The lowest BCUT2D eigenvalue weighted by molar-refractivity contribution is -0.384. The lowest BCUT2D eigenvalue weighted by atomic mass is 9.82. The Morgan fingerprint density at radius 1 is 1.08 bits per heavy atom. The van der Waals surface area contributed by atoms with E-state index in [2.05, 4.69) is 39.3 Å². The van der Waals surface area contributed by atoms with Gasteiger partial charge in [-0.15, -0.1) is 0 Å². The van der Waals surface area contributed by atoms with E-state index in [1.54, 1.807) is 17.0 Å². The molecule has 0 radical (unpaired) electrons. The Labute approximate surface area is 231 Å². The summed E-state index contributed by atoms with van der Waals surface area (Å²) in [5, 5.41) is 10.9. The first-order valence-electron chi connectivity index (χ1n) is 13.1. The molecular formula is C28H36N2O7Si2. The molecular weight excluding hydrogens is 532 g/mol. The number of esters is 1. The third-order valence-electron chi connectivity index (χ3n) is 6.57. The number of ether oxygens (including phenoxy) is 1. The van der Waals surface area contributed by atoms with Crippen molar-refractivity contribution in [2.45, 2.75) is 71.4 Å². The number of nitro benzene ring substituents is 1. The number of hydrogen-bond donors (Lipinski definition) is 0. The summed E-state index contributed by atoms with van der Waals surface area (Å²) in [5.41, 5.74) is 2.37. The smallest absolute Gasteiger partial charge is 0.355 e. The molecule has 0 N–H and O–H groups in total. The first-order valence-corrected chi connectivity index (χ1v) is 19.9. The second-order valence-electron chi connectivity index (χ2n) is 12.0. The summed E-state index contributed by atoms with van der Waals surface area (Å²) < 4.78 is 18.1. The lowest BCUT2D eigenvalue weighted by Gasteiger charge is -2.47. The topological polar surface area (TPSA) is 108 Å². The van der Waals surface area contributed by atoms with Crippen LogP contribution in [0.5, 0.6) is 5.75 Å². The van der Waals surface area contributed by atoms with Crippen molar-refractivity contribution in [1.82, 2.24) is 4.90 Å². The standard InChI is InChI=1S/C28H36N2O7Si2/c1-18(36-38(2,3)4)25-24-16-23(20-9-8-10-22(15-20)37-39(5,6)7)26(29(24)27(25)31)28(32)35-17-19-11-13-21(14-12-19)30(33)34/h8-15,18,24-25H,16-17H2,1-7H3/t18-,24-,25-/m1/s1. The van der Waals surface area contributed by atoms with E-state index in [0.29, 0.717) is 12.0 Å². The molecule has 2 aliphatic heterocycles. The zero-order valence-corrected chi connectivity index (χ0v) is 25.5. The van der Waals surface area contributed by atoms with E-state index in [9.17, 15) is 19.7 Å². The van der Waals surface area contributed by atoms with Crippen molar-refractivity contribution in [2.24, 2.45) is 5.92 Å². The van der Waals surface area contributed by atoms with Crippen LogP contribution in [-0.2, 0) is 25.4 Å². The Balaban J connectivity index is 1.63. The first-order chi connectivity index (χ1) is 18.1. The van der Waals surface area contributed by atoms with E-state index in [1.807, 2.05) is 31.2 Å². The molecule has 1 saturated heterocycles. The molecule has 0 aromatic heterocycles. The molecule has 1 fully saturated rings. The Morgan fingerprint density at radius 3 is 2.33 bits per heavy atom. The molecule has 2 heterocycles. The first kappa shape index (κ1) is 28.7. The number of non-ortho nitro benzene ring substituents is 1. The Morgan fingerprint density at radius 2 is 1.74 bits per heavy atom. The average molecular weight is 569 g/mol. The second kappa shape index (κ2) is 10.7. The number of β-lactam (4-membered cyclic amide) rings is 1. The molecule has 0 unspecified atom stereocenters. The Hall–Kier alpha value is -3.29. The highest BCUT2D eigenvalue weighted by Crippen LogP contribution is 2.48. The summed E-state index contributed by atoms with van der Waals surface area (Å²) in [6, 6.07) is 13.3. The Bertz CT molecular complexity index is 1310. The maximum atomic E-state index is 13.5. The van der Waals surface area contributed by atoms with Gasteiger partial charge in [0.05, 0.1) is 23.0 Å². The van der Waals surface area contributed by atoms with Crippen molar-refractivity contribution in [3.63, 3.8) is 0 Å². The van der Waals surface area contributed by atoms with Gasteiger partial charge < -0.3 is 18.5 Å². The molecule has 0 spiro atoms. The van der Waals surface area contributed by atoms with Gasteiger partial charge in [-0.05, 0) is 93.6 Å². The van der Waals surface area contributed by atoms with Crippen molar-refractivity contribution in [1.29, 1.82) is 0 Å². The monoisotopic (exact) mass is 568 g/mol. The van der Waals surface area contributed by atoms with Gasteiger partial charge in [-0.1, -0.05) is 12.1 Å². The maximum Gasteiger partial charge on any atom is 0.355 e. The molecule has 9 nitrogen and oxygen atoms in total. The molecule has 4 rings (SSSR count). The number of rotatable bonds is 10. The molecule has 2 aliphatic rings. The van der Waals surface area contributed by atoms with E-state index < -0.39 is 27.5 Å². The van der Waals surface area contributed by atoms with Crippen molar-refractivity contribution < 1.29 is 28.1 Å². The highest BCUT2D eigenvalue weighted by atomic mass is 28.4. The van der Waals surface area contributed by atoms with Crippen molar-refractivity contribution >= 4 is 39.8 Å². The molecule has 0 aliphatic carbocycles. The fourth-order valence-electron chi connectivity index (χ4n) is 5.17. The number of benzene rings is 2. The minimum absolute atomic E-state index is 0.0407. The van der Waals surface area contributed by atoms with Crippen LogP contribution in [0, 0.1) is 16.0 Å². The number of fused-ring (bicyclic) bond motifs is 1. The SMILES string of the molecule is C[C@@H](O[Si](C)(C)C)[C@H]1C(=O)N2C(C(=O)OCc3ccc([N+](=O)[O-])cc3)=C(c3cccc(O[Si](C)(C)C)c3)C[C@H]12. The molecule has 39 heavy (non-hydrogen) atoms. The van der Waals surface area contributed by atoms with Crippen LogP contribution in [0.4, 0.5) is 5.69 Å². The molecule has 1 amide bonds. The van der Waals surface area contributed by atoms with Gasteiger partial charge in [-0.25, -0.2) is 4.79 Å². The molecule has 3 atom stereocenters. The molecule has 2 aromatic carbocycles. The van der Waals surface area contributed by atoms with E-state index in [4.69, 9.17) is 13.6 Å². The number of carbonyl (C=O) groups is 2. The van der Waals surface area contributed by atoms with Crippen LogP contribution in [-0.4, -0.2) is 50.5 Å². The zero-order chi connectivity index (χ0) is 28.7. The summed E-state index contributed by atoms with van der Waals surface area (Å²) in [6.45, 7) is 14.4. The highest BCUT2D eigenvalue weighted by Gasteiger charge is 2.57. The predicted molar refractivity (Wildman–Crippen MR) is 153 cm³/mol. The number of carbonyl (C=O) groups excluding carboxylic acids is 2. The number of hydrogen-bond acceptors (Lipinski definition) is 7.